The Kier molecular flexibility index (Phi) is 7.05. The molecule has 6 heteroatoms. The molecular formula is C24H36N4O2. The third kappa shape index (κ3) is 5.61. The van der Waals surface area contributed by atoms with Crippen LogP contribution in [0.25, 0.3) is 0 Å². The lowest BCUT2D eigenvalue weighted by atomic mass is 9.75. The predicted molar refractivity (Wildman–Crippen MR) is 119 cm³/mol. The lowest BCUT2D eigenvalue weighted by molar-refractivity contribution is -0.135. The number of hydrogen-bond acceptors (Lipinski definition) is 4. The van der Waals surface area contributed by atoms with Crippen LogP contribution in [-0.4, -0.2) is 78.9 Å². The molecule has 6 nitrogen and oxygen atoms in total. The van der Waals surface area contributed by atoms with Crippen LogP contribution in [0.5, 0.6) is 0 Å². The summed E-state index contributed by atoms with van der Waals surface area (Å²) >= 11 is 0. The summed E-state index contributed by atoms with van der Waals surface area (Å²) in [5.41, 5.74) is 2.01. The molecule has 164 valence electrons. The molecule has 3 aliphatic rings. The van der Waals surface area contributed by atoms with Crippen LogP contribution in [0.1, 0.15) is 37.7 Å². The van der Waals surface area contributed by atoms with E-state index >= 15 is 0 Å². The van der Waals surface area contributed by atoms with Crippen LogP contribution in [0, 0.1) is 18.8 Å². The number of piperidine rings is 1. The number of piperazine rings is 1. The third-order valence-corrected chi connectivity index (χ3v) is 7.16. The van der Waals surface area contributed by atoms with E-state index in [1.54, 1.807) is 0 Å². The van der Waals surface area contributed by atoms with Gasteiger partial charge in [0, 0.05) is 38.4 Å². The van der Waals surface area contributed by atoms with Crippen molar-refractivity contribution < 1.29 is 9.59 Å². The van der Waals surface area contributed by atoms with Crippen LogP contribution in [0.2, 0.25) is 0 Å². The first kappa shape index (κ1) is 21.3. The average Bonchev–Trinajstić information content (AvgIpc) is 2.76. The Morgan fingerprint density at radius 2 is 1.57 bits per heavy atom. The van der Waals surface area contributed by atoms with Crippen molar-refractivity contribution >= 4 is 17.5 Å². The van der Waals surface area contributed by atoms with E-state index < -0.39 is 0 Å². The largest absolute Gasteiger partial charge is 0.339 e. The lowest BCUT2D eigenvalue weighted by Gasteiger charge is -2.42. The molecule has 4 rings (SSSR count). The quantitative estimate of drug-likeness (QED) is 0.808. The van der Waals surface area contributed by atoms with Crippen molar-refractivity contribution in [1.29, 1.82) is 0 Å². The normalized spacial score (nSPS) is 25.6. The zero-order valence-corrected chi connectivity index (χ0v) is 18.3. The van der Waals surface area contributed by atoms with Crippen molar-refractivity contribution in [3.8, 4) is 0 Å². The molecule has 1 saturated carbocycles. The fourth-order valence-corrected chi connectivity index (χ4v) is 5.31. The standard InChI is InChI=1S/C24H36N4O2/c1-19-6-8-22(9-7-19)25-23(29)17-26-12-14-28(15-13-26)24(30)18-27-11-10-20-4-2-3-5-21(20)16-27/h6-9,20-21H,2-5,10-18H2,1H3,(H,25,29)/t20-,21+/m0/s1. The van der Waals surface area contributed by atoms with Crippen molar-refractivity contribution in [2.24, 2.45) is 11.8 Å². The molecule has 30 heavy (non-hydrogen) atoms. The third-order valence-electron chi connectivity index (χ3n) is 7.16. The number of amides is 2. The summed E-state index contributed by atoms with van der Waals surface area (Å²) < 4.78 is 0. The smallest absolute Gasteiger partial charge is 0.238 e. The van der Waals surface area contributed by atoms with Gasteiger partial charge in [-0.25, -0.2) is 0 Å². The zero-order chi connectivity index (χ0) is 20.9. The summed E-state index contributed by atoms with van der Waals surface area (Å²) in [5.74, 6) is 1.98. The molecule has 2 atom stereocenters. The molecule has 3 fully saturated rings. The number of nitrogens with one attached hydrogen (secondary N) is 1. The lowest BCUT2D eigenvalue weighted by Crippen LogP contribution is -2.53. The molecule has 1 aromatic rings. The molecule has 1 aliphatic carbocycles. The van der Waals surface area contributed by atoms with Gasteiger partial charge in [0.1, 0.15) is 0 Å². The highest BCUT2D eigenvalue weighted by Gasteiger charge is 2.32. The van der Waals surface area contributed by atoms with E-state index in [-0.39, 0.29) is 11.8 Å². The summed E-state index contributed by atoms with van der Waals surface area (Å²) in [6.07, 6.45) is 6.77. The Balaban J connectivity index is 1.17. The van der Waals surface area contributed by atoms with Gasteiger partial charge in [0.05, 0.1) is 13.1 Å². The van der Waals surface area contributed by atoms with Crippen molar-refractivity contribution in [2.75, 3.05) is 57.7 Å². The van der Waals surface area contributed by atoms with Gasteiger partial charge in [0.2, 0.25) is 11.8 Å². The van der Waals surface area contributed by atoms with Gasteiger partial charge in [0.25, 0.3) is 0 Å². The van der Waals surface area contributed by atoms with Gasteiger partial charge < -0.3 is 10.2 Å². The monoisotopic (exact) mass is 412 g/mol. The Morgan fingerprint density at radius 3 is 2.30 bits per heavy atom. The molecule has 0 bridgehead atoms. The molecule has 2 heterocycles. The van der Waals surface area contributed by atoms with E-state index in [0.717, 1.165) is 56.8 Å². The van der Waals surface area contributed by atoms with Gasteiger partial charge in [-0.1, -0.05) is 37.0 Å². The zero-order valence-electron chi connectivity index (χ0n) is 18.3. The number of anilines is 1. The summed E-state index contributed by atoms with van der Waals surface area (Å²) in [4.78, 5) is 31.6. The predicted octanol–water partition coefficient (Wildman–Crippen LogP) is 2.59. The van der Waals surface area contributed by atoms with Gasteiger partial charge >= 0.3 is 0 Å². The molecule has 0 radical (unpaired) electrons. The fraction of sp³-hybridized carbons (Fsp3) is 0.667. The number of fused-ring (bicyclic) bond motifs is 1. The van der Waals surface area contributed by atoms with Crippen molar-refractivity contribution in [2.45, 2.75) is 39.0 Å². The molecule has 2 aliphatic heterocycles. The van der Waals surface area contributed by atoms with Crippen LogP contribution >= 0.6 is 0 Å². The number of nitrogens with zero attached hydrogens (tertiary/aromatic N) is 3. The summed E-state index contributed by atoms with van der Waals surface area (Å²) in [6, 6.07) is 7.85. The van der Waals surface area contributed by atoms with Crippen molar-refractivity contribution in [1.82, 2.24) is 14.7 Å². The Bertz CT molecular complexity index is 727. The minimum absolute atomic E-state index is 0.00832. The van der Waals surface area contributed by atoms with Crippen molar-refractivity contribution in [3.63, 3.8) is 0 Å². The molecular weight excluding hydrogens is 376 g/mol. The summed E-state index contributed by atoms with van der Waals surface area (Å²) in [7, 11) is 0. The van der Waals surface area contributed by atoms with Crippen LogP contribution in [0.4, 0.5) is 5.69 Å². The Hall–Kier alpha value is -1.92. The second-order valence-electron chi connectivity index (χ2n) is 9.40. The number of hydrogen-bond donors (Lipinski definition) is 1. The Labute approximate surface area is 180 Å². The summed E-state index contributed by atoms with van der Waals surface area (Å²) in [5, 5.41) is 2.96. The number of carbonyl (C=O) groups is 2. The van der Waals surface area contributed by atoms with E-state index in [0.29, 0.717) is 13.1 Å². The van der Waals surface area contributed by atoms with Crippen molar-refractivity contribution in [3.05, 3.63) is 29.8 Å². The first-order chi connectivity index (χ1) is 14.6. The topological polar surface area (TPSA) is 55.9 Å². The van der Waals surface area contributed by atoms with E-state index in [9.17, 15) is 9.59 Å². The summed E-state index contributed by atoms with van der Waals surface area (Å²) in [6.45, 7) is 8.12. The van der Waals surface area contributed by atoms with E-state index in [2.05, 4.69) is 15.1 Å². The maximum Gasteiger partial charge on any atom is 0.238 e. The van der Waals surface area contributed by atoms with Gasteiger partial charge in [0.15, 0.2) is 0 Å². The minimum atomic E-state index is 0.00832. The van der Waals surface area contributed by atoms with Crippen LogP contribution in [-0.2, 0) is 9.59 Å². The molecule has 1 aromatic carbocycles. The number of aryl methyl sites for hydroxylation is 1. The van der Waals surface area contributed by atoms with Gasteiger partial charge in [-0.3, -0.25) is 19.4 Å². The highest BCUT2D eigenvalue weighted by atomic mass is 16.2. The fourth-order valence-electron chi connectivity index (χ4n) is 5.31. The number of likely N-dealkylation sites (tertiary alicyclic amines) is 1. The number of carbonyl (C=O) groups excluding carboxylic acids is 2. The molecule has 2 amide bonds. The molecule has 0 spiro atoms. The molecule has 2 saturated heterocycles. The van der Waals surface area contributed by atoms with E-state index in [1.807, 2.05) is 36.1 Å². The Morgan fingerprint density at radius 1 is 0.867 bits per heavy atom. The molecule has 0 unspecified atom stereocenters. The van der Waals surface area contributed by atoms with Gasteiger partial charge in [-0.2, -0.15) is 0 Å². The maximum atomic E-state index is 12.8. The van der Waals surface area contributed by atoms with Crippen LogP contribution < -0.4 is 5.32 Å². The van der Waals surface area contributed by atoms with E-state index in [1.165, 1.54) is 37.7 Å². The second-order valence-corrected chi connectivity index (χ2v) is 9.40. The number of rotatable bonds is 5. The highest BCUT2D eigenvalue weighted by Crippen LogP contribution is 2.35. The molecule has 0 aromatic heterocycles. The number of benzene rings is 1. The highest BCUT2D eigenvalue weighted by molar-refractivity contribution is 5.92. The van der Waals surface area contributed by atoms with E-state index in [4.69, 9.17) is 0 Å². The van der Waals surface area contributed by atoms with Gasteiger partial charge in [-0.05, 0) is 50.3 Å². The minimum Gasteiger partial charge on any atom is -0.339 e. The first-order valence-electron chi connectivity index (χ1n) is 11.7. The second kappa shape index (κ2) is 9.92. The maximum absolute atomic E-state index is 12.8. The molecule has 1 N–H and O–H groups in total. The van der Waals surface area contributed by atoms with Gasteiger partial charge in [-0.15, -0.1) is 0 Å². The van der Waals surface area contributed by atoms with Crippen LogP contribution in [0.3, 0.4) is 0 Å². The average molecular weight is 413 g/mol. The first-order valence-corrected chi connectivity index (χ1v) is 11.7. The SMILES string of the molecule is Cc1ccc(NC(=O)CN2CCN(C(=O)CN3CC[C@@H]4CCCC[C@@H]4C3)CC2)cc1. The van der Waals surface area contributed by atoms with Crippen LogP contribution in [0.15, 0.2) is 24.3 Å².